The van der Waals surface area contributed by atoms with Crippen molar-refractivity contribution in [1.82, 2.24) is 0 Å². The quantitative estimate of drug-likeness (QED) is 0.786. The lowest BCUT2D eigenvalue weighted by Gasteiger charge is -2.12. The summed E-state index contributed by atoms with van der Waals surface area (Å²) in [6.07, 6.45) is 0.148. The van der Waals surface area contributed by atoms with E-state index in [1.807, 2.05) is 19.1 Å². The summed E-state index contributed by atoms with van der Waals surface area (Å²) in [5, 5.41) is 0. The molecule has 0 aliphatic carbocycles. The Morgan fingerprint density at radius 1 is 0.895 bits per heavy atom. The minimum absolute atomic E-state index is 0.148. The predicted molar refractivity (Wildman–Crippen MR) is 78.5 cm³/mol. The molecule has 1 unspecified atom stereocenters. The minimum atomic E-state index is 0.148. The van der Waals surface area contributed by atoms with Crippen molar-refractivity contribution in [2.75, 3.05) is 13.7 Å². The molecule has 19 heavy (non-hydrogen) atoms. The van der Waals surface area contributed by atoms with Gasteiger partial charge in [0.1, 0.15) is 5.75 Å². The highest BCUT2D eigenvalue weighted by atomic mass is 16.5. The second-order valence-corrected chi connectivity index (χ2v) is 4.45. The van der Waals surface area contributed by atoms with Crippen molar-refractivity contribution in [2.45, 2.75) is 20.0 Å². The zero-order valence-electron chi connectivity index (χ0n) is 11.7. The third-order valence-electron chi connectivity index (χ3n) is 3.22. The highest BCUT2D eigenvalue weighted by Crippen LogP contribution is 2.25. The molecule has 2 aromatic carbocycles. The maximum atomic E-state index is 5.59. The van der Waals surface area contributed by atoms with Crippen molar-refractivity contribution in [3.05, 3.63) is 54.1 Å². The molecule has 0 aliphatic heterocycles. The van der Waals surface area contributed by atoms with E-state index in [9.17, 15) is 0 Å². The molecule has 100 valence electrons. The lowest BCUT2D eigenvalue weighted by Crippen LogP contribution is -1.98. The molecule has 0 heterocycles. The molecule has 0 saturated carbocycles. The average Bonchev–Trinajstić information content (AvgIpc) is 2.48. The van der Waals surface area contributed by atoms with E-state index in [0.717, 1.165) is 12.4 Å². The van der Waals surface area contributed by atoms with Crippen LogP contribution in [0.5, 0.6) is 5.75 Å². The van der Waals surface area contributed by atoms with E-state index >= 15 is 0 Å². The Balaban J connectivity index is 2.17. The molecule has 1 atom stereocenters. The molecule has 0 bridgehead atoms. The largest absolute Gasteiger partial charge is 0.497 e. The van der Waals surface area contributed by atoms with Crippen LogP contribution in [0.1, 0.15) is 25.5 Å². The van der Waals surface area contributed by atoms with Crippen LogP contribution in [-0.2, 0) is 4.74 Å². The molecule has 0 fully saturated rings. The molecular formula is C17H20O2. The molecular weight excluding hydrogens is 236 g/mol. The summed E-state index contributed by atoms with van der Waals surface area (Å²) in [4.78, 5) is 0. The van der Waals surface area contributed by atoms with Gasteiger partial charge in [-0.3, -0.25) is 0 Å². The van der Waals surface area contributed by atoms with Gasteiger partial charge in [-0.2, -0.15) is 0 Å². The Hall–Kier alpha value is -1.80. The third-order valence-corrected chi connectivity index (χ3v) is 3.22. The van der Waals surface area contributed by atoms with Crippen LogP contribution in [0.2, 0.25) is 0 Å². The zero-order valence-corrected chi connectivity index (χ0v) is 11.7. The molecule has 0 saturated heterocycles. The van der Waals surface area contributed by atoms with E-state index in [1.54, 1.807) is 7.11 Å². The first kappa shape index (κ1) is 13.6. The lowest BCUT2D eigenvalue weighted by atomic mass is 10.0. The van der Waals surface area contributed by atoms with Crippen LogP contribution in [0.3, 0.4) is 0 Å². The van der Waals surface area contributed by atoms with E-state index in [2.05, 4.69) is 43.3 Å². The van der Waals surface area contributed by atoms with Gasteiger partial charge in [0.15, 0.2) is 0 Å². The molecule has 2 aromatic rings. The number of rotatable bonds is 5. The fraction of sp³-hybridized carbons (Fsp3) is 0.294. The SMILES string of the molecule is CCOC(C)c1ccc(-c2ccc(OC)cc2)cc1. The number of hydrogen-bond acceptors (Lipinski definition) is 2. The van der Waals surface area contributed by atoms with Gasteiger partial charge in [0.05, 0.1) is 13.2 Å². The summed E-state index contributed by atoms with van der Waals surface area (Å²) in [7, 11) is 1.68. The maximum absolute atomic E-state index is 5.59. The highest BCUT2D eigenvalue weighted by Gasteiger charge is 2.05. The molecule has 2 heteroatoms. The van der Waals surface area contributed by atoms with Gasteiger partial charge in [-0.15, -0.1) is 0 Å². The normalized spacial score (nSPS) is 12.2. The summed E-state index contributed by atoms with van der Waals surface area (Å²) in [5.74, 6) is 0.880. The van der Waals surface area contributed by atoms with Crippen LogP contribution in [0.4, 0.5) is 0 Å². The minimum Gasteiger partial charge on any atom is -0.497 e. The number of hydrogen-bond donors (Lipinski definition) is 0. The first-order valence-corrected chi connectivity index (χ1v) is 6.60. The third kappa shape index (κ3) is 3.36. The molecule has 0 aliphatic rings. The van der Waals surface area contributed by atoms with Crippen molar-refractivity contribution in [1.29, 1.82) is 0 Å². The first-order chi connectivity index (χ1) is 9.24. The van der Waals surface area contributed by atoms with E-state index in [1.165, 1.54) is 16.7 Å². The van der Waals surface area contributed by atoms with E-state index in [0.29, 0.717) is 0 Å². The van der Waals surface area contributed by atoms with Crippen LogP contribution in [-0.4, -0.2) is 13.7 Å². The predicted octanol–water partition coefficient (Wildman–Crippen LogP) is 4.46. The zero-order chi connectivity index (χ0) is 13.7. The van der Waals surface area contributed by atoms with Gasteiger partial charge in [0.2, 0.25) is 0 Å². The second kappa shape index (κ2) is 6.39. The summed E-state index contributed by atoms with van der Waals surface area (Å²) in [6.45, 7) is 4.83. The van der Waals surface area contributed by atoms with Crippen molar-refractivity contribution in [3.63, 3.8) is 0 Å². The van der Waals surface area contributed by atoms with Crippen molar-refractivity contribution >= 4 is 0 Å². The van der Waals surface area contributed by atoms with E-state index < -0.39 is 0 Å². The van der Waals surface area contributed by atoms with Crippen molar-refractivity contribution < 1.29 is 9.47 Å². The fourth-order valence-electron chi connectivity index (χ4n) is 2.08. The van der Waals surface area contributed by atoms with Gasteiger partial charge >= 0.3 is 0 Å². The van der Waals surface area contributed by atoms with Gasteiger partial charge < -0.3 is 9.47 Å². The summed E-state index contributed by atoms with van der Waals surface area (Å²) >= 11 is 0. The molecule has 0 spiro atoms. The number of ether oxygens (including phenoxy) is 2. The summed E-state index contributed by atoms with van der Waals surface area (Å²) in [6, 6.07) is 16.6. The van der Waals surface area contributed by atoms with Crippen LogP contribution in [0.15, 0.2) is 48.5 Å². The average molecular weight is 256 g/mol. The van der Waals surface area contributed by atoms with Gasteiger partial charge in [0.25, 0.3) is 0 Å². The first-order valence-electron chi connectivity index (χ1n) is 6.60. The van der Waals surface area contributed by atoms with Crippen LogP contribution in [0.25, 0.3) is 11.1 Å². The van der Waals surface area contributed by atoms with E-state index in [-0.39, 0.29) is 6.10 Å². The Morgan fingerprint density at radius 2 is 1.42 bits per heavy atom. The number of benzene rings is 2. The summed E-state index contributed by atoms with van der Waals surface area (Å²) in [5.41, 5.74) is 3.60. The van der Waals surface area contributed by atoms with Gasteiger partial charge in [-0.1, -0.05) is 36.4 Å². The molecule has 0 amide bonds. The Labute approximate surface area is 115 Å². The summed E-state index contributed by atoms with van der Waals surface area (Å²) < 4.78 is 10.8. The maximum Gasteiger partial charge on any atom is 0.118 e. The van der Waals surface area contributed by atoms with Crippen LogP contribution < -0.4 is 4.74 Å². The molecule has 2 rings (SSSR count). The van der Waals surface area contributed by atoms with E-state index in [4.69, 9.17) is 9.47 Å². The van der Waals surface area contributed by atoms with Crippen molar-refractivity contribution in [3.8, 4) is 16.9 Å². The van der Waals surface area contributed by atoms with Gasteiger partial charge in [-0.05, 0) is 42.7 Å². The molecule has 0 N–H and O–H groups in total. The second-order valence-electron chi connectivity index (χ2n) is 4.45. The van der Waals surface area contributed by atoms with Gasteiger partial charge in [-0.25, -0.2) is 0 Å². The van der Waals surface area contributed by atoms with Crippen molar-refractivity contribution in [2.24, 2.45) is 0 Å². The number of methoxy groups -OCH3 is 1. The highest BCUT2D eigenvalue weighted by molar-refractivity contribution is 5.64. The fourth-order valence-corrected chi connectivity index (χ4v) is 2.08. The monoisotopic (exact) mass is 256 g/mol. The Morgan fingerprint density at radius 3 is 1.89 bits per heavy atom. The molecule has 0 radical (unpaired) electrons. The Kier molecular flexibility index (Phi) is 4.58. The van der Waals surface area contributed by atoms with Gasteiger partial charge in [0, 0.05) is 6.61 Å². The topological polar surface area (TPSA) is 18.5 Å². The molecule has 0 aromatic heterocycles. The van der Waals surface area contributed by atoms with Crippen LogP contribution in [0, 0.1) is 0 Å². The smallest absolute Gasteiger partial charge is 0.118 e. The lowest BCUT2D eigenvalue weighted by molar-refractivity contribution is 0.0764. The molecule has 2 nitrogen and oxygen atoms in total. The standard InChI is InChI=1S/C17H20O2/c1-4-19-13(2)14-5-7-15(8-6-14)16-9-11-17(18-3)12-10-16/h5-13H,4H2,1-3H3. The van der Waals surface area contributed by atoms with Crippen LogP contribution >= 0.6 is 0 Å². The Bertz CT molecular complexity index is 500.